The second-order valence-electron chi connectivity index (χ2n) is 28.8. The molecular formula is C59H95NO27. The van der Waals surface area contributed by atoms with Crippen LogP contribution in [0.5, 0.6) is 0 Å². The SMILES string of the molecule is CC(=O)N[C@H]1[C@H](O[C@H]2CC[C@]3(C)[C@H]4CC=C5[C@@H]6CC(C)(C)CC[C@]6(C(=O)O[C@@H]6O[C@H](CO)[C@@H](O)[C@H](O)[C@H]6O[C@@H]6OC[C@](O)(CO)[C@H]6O)CC[C@@]5(C)[C@]4(C)[C@H](O)[C@H](O)[C@H]3C2(C)C)O[C@H](CO[C@@H]2OC[C@H](O)[C@H](O)[C@H]2O)[C@@H](O)[C@@H]1O[C@@H]1OC[C@@H](O)[C@H](O)[C@H]1O. The lowest BCUT2D eigenvalue weighted by Crippen LogP contribution is -2.74. The molecule has 16 N–H and O–H groups in total. The zero-order chi connectivity index (χ0) is 63.6. The summed E-state index contributed by atoms with van der Waals surface area (Å²) in [5.74, 6) is -2.76. The van der Waals surface area contributed by atoms with Gasteiger partial charge in [0.05, 0.1) is 63.4 Å². The molecule has 31 atom stereocenters. The molecule has 0 radical (unpaired) electrons. The maximum Gasteiger partial charge on any atom is 0.315 e. The van der Waals surface area contributed by atoms with Crippen LogP contribution in [0.3, 0.4) is 0 Å². The first-order valence-corrected chi connectivity index (χ1v) is 30.7. The molecule has 10 rings (SSSR count). The molecule has 10 aliphatic rings. The largest absolute Gasteiger partial charge is 0.432 e. The van der Waals surface area contributed by atoms with Crippen molar-refractivity contribution in [2.45, 2.75) is 254 Å². The number of allylic oxidation sites excluding steroid dienone is 2. The van der Waals surface area contributed by atoms with Gasteiger partial charge in [0.15, 0.2) is 31.3 Å². The van der Waals surface area contributed by atoms with Gasteiger partial charge >= 0.3 is 5.97 Å². The zero-order valence-electron chi connectivity index (χ0n) is 50.6. The number of fused-ring (bicyclic) bond motifs is 7. The van der Waals surface area contributed by atoms with Gasteiger partial charge in [-0.25, -0.2) is 0 Å². The molecule has 0 spiro atoms. The van der Waals surface area contributed by atoms with Crippen molar-refractivity contribution in [3.8, 4) is 0 Å². The summed E-state index contributed by atoms with van der Waals surface area (Å²) in [6.07, 6.45) is -29.2. The third-order valence-electron chi connectivity index (χ3n) is 22.9. The van der Waals surface area contributed by atoms with Gasteiger partial charge in [0.25, 0.3) is 0 Å². The van der Waals surface area contributed by atoms with E-state index in [4.69, 9.17) is 47.4 Å². The number of rotatable bonds is 14. The van der Waals surface area contributed by atoms with E-state index in [2.05, 4.69) is 39.1 Å². The molecule has 4 saturated carbocycles. The highest BCUT2D eigenvalue weighted by Crippen LogP contribution is 2.76. The minimum atomic E-state index is -2.12. The number of hydrogen-bond donors (Lipinski definition) is 16. The molecule has 0 aromatic rings. The van der Waals surface area contributed by atoms with Crippen molar-refractivity contribution in [3.63, 3.8) is 0 Å². The number of aliphatic hydroxyl groups is 15. The van der Waals surface area contributed by atoms with Gasteiger partial charge in [0, 0.05) is 18.3 Å². The first-order valence-electron chi connectivity index (χ1n) is 30.7. The van der Waals surface area contributed by atoms with E-state index in [1.165, 1.54) is 6.92 Å². The molecule has 498 valence electrons. The lowest BCUT2D eigenvalue weighted by Gasteiger charge is -2.73. The van der Waals surface area contributed by atoms with Crippen LogP contribution >= 0.6 is 0 Å². The van der Waals surface area contributed by atoms with Gasteiger partial charge in [-0.15, -0.1) is 0 Å². The summed E-state index contributed by atoms with van der Waals surface area (Å²) in [5, 5.41) is 168. The normalized spacial score (nSPS) is 52.9. The average Bonchev–Trinajstić information content (AvgIpc) is 0.939. The predicted octanol–water partition coefficient (Wildman–Crippen LogP) is -4.21. The number of esters is 1. The van der Waals surface area contributed by atoms with Crippen LogP contribution in [0, 0.1) is 50.2 Å². The summed E-state index contributed by atoms with van der Waals surface area (Å²) in [5.41, 5.74) is -6.30. The molecule has 5 heterocycles. The van der Waals surface area contributed by atoms with Crippen molar-refractivity contribution in [2.75, 3.05) is 39.6 Å². The number of nitrogens with one attached hydrogen (secondary N) is 1. The molecule has 87 heavy (non-hydrogen) atoms. The Kier molecular flexibility index (Phi) is 19.1. The van der Waals surface area contributed by atoms with Gasteiger partial charge in [-0.2, -0.15) is 0 Å². The van der Waals surface area contributed by atoms with Gasteiger partial charge in [0.1, 0.15) is 91.0 Å². The lowest BCUT2D eigenvalue weighted by molar-refractivity contribution is -0.353. The smallest absolute Gasteiger partial charge is 0.315 e. The maximum atomic E-state index is 15.4. The third kappa shape index (κ3) is 11.3. The summed E-state index contributed by atoms with van der Waals surface area (Å²) in [4.78, 5) is 28.5. The zero-order valence-corrected chi connectivity index (χ0v) is 50.6. The number of carbonyl (C=O) groups excluding carboxylic acids is 2. The quantitative estimate of drug-likeness (QED) is 0.0445. The summed E-state index contributed by atoms with van der Waals surface area (Å²) < 4.78 is 60.1. The minimum Gasteiger partial charge on any atom is -0.432 e. The molecule has 5 aliphatic heterocycles. The molecule has 5 aliphatic carbocycles. The van der Waals surface area contributed by atoms with Crippen LogP contribution in [0.25, 0.3) is 0 Å². The molecule has 9 fully saturated rings. The molecular weight excluding hydrogens is 1150 g/mol. The summed E-state index contributed by atoms with van der Waals surface area (Å²) in [7, 11) is 0. The monoisotopic (exact) mass is 1250 g/mol. The van der Waals surface area contributed by atoms with E-state index < -0.39 is 237 Å². The fourth-order valence-corrected chi connectivity index (χ4v) is 17.6. The topological polar surface area (TPSA) is 442 Å². The second-order valence-corrected chi connectivity index (χ2v) is 28.8. The molecule has 0 aromatic heterocycles. The van der Waals surface area contributed by atoms with Gasteiger partial charge in [0.2, 0.25) is 12.2 Å². The Bertz CT molecular complexity index is 2490. The van der Waals surface area contributed by atoms with E-state index >= 15 is 4.79 Å². The summed E-state index contributed by atoms with van der Waals surface area (Å²) in [6.45, 7) is 11.9. The molecule has 1 amide bonds. The van der Waals surface area contributed by atoms with Crippen molar-refractivity contribution in [3.05, 3.63) is 11.6 Å². The van der Waals surface area contributed by atoms with Crippen molar-refractivity contribution >= 4 is 11.9 Å². The Morgan fingerprint density at radius 1 is 0.644 bits per heavy atom. The van der Waals surface area contributed by atoms with Crippen molar-refractivity contribution in [2.24, 2.45) is 50.2 Å². The number of amides is 1. The van der Waals surface area contributed by atoms with E-state index in [1.807, 2.05) is 20.8 Å². The van der Waals surface area contributed by atoms with Gasteiger partial charge in [-0.3, -0.25) is 9.59 Å². The minimum absolute atomic E-state index is 0.254. The van der Waals surface area contributed by atoms with Crippen molar-refractivity contribution in [1.29, 1.82) is 0 Å². The number of hydrogen-bond acceptors (Lipinski definition) is 27. The fraction of sp³-hybridized carbons (Fsp3) is 0.932. The highest BCUT2D eigenvalue weighted by atomic mass is 16.8. The maximum absolute atomic E-state index is 15.4. The summed E-state index contributed by atoms with van der Waals surface area (Å²) >= 11 is 0. The number of ether oxygens (including phenoxy) is 10. The number of carbonyl (C=O) groups is 2. The molecule has 28 nitrogen and oxygen atoms in total. The third-order valence-corrected chi connectivity index (χ3v) is 22.9. The van der Waals surface area contributed by atoms with Crippen LogP contribution in [0.15, 0.2) is 11.6 Å². The Morgan fingerprint density at radius 3 is 1.90 bits per heavy atom. The van der Waals surface area contributed by atoms with Crippen LogP contribution in [-0.4, -0.2) is 275 Å². The highest BCUT2D eigenvalue weighted by molar-refractivity contribution is 5.79. The average molecular weight is 1250 g/mol. The predicted molar refractivity (Wildman–Crippen MR) is 292 cm³/mol. The lowest BCUT2D eigenvalue weighted by atomic mass is 9.32. The highest BCUT2D eigenvalue weighted by Gasteiger charge is 2.75. The van der Waals surface area contributed by atoms with Gasteiger partial charge in [-0.05, 0) is 84.9 Å². The molecule has 0 aromatic carbocycles. The van der Waals surface area contributed by atoms with Crippen LogP contribution < -0.4 is 5.32 Å². The molecule has 5 saturated heterocycles. The van der Waals surface area contributed by atoms with E-state index in [1.54, 1.807) is 0 Å². The van der Waals surface area contributed by atoms with Crippen LogP contribution in [0.4, 0.5) is 0 Å². The van der Waals surface area contributed by atoms with Gasteiger partial charge < -0.3 is 129 Å². The first kappa shape index (κ1) is 67.6. The second kappa shape index (κ2) is 24.6. The van der Waals surface area contributed by atoms with E-state index in [9.17, 15) is 81.4 Å². The Labute approximate surface area is 504 Å². The van der Waals surface area contributed by atoms with E-state index in [-0.39, 0.29) is 17.8 Å². The van der Waals surface area contributed by atoms with Crippen LogP contribution in [-0.2, 0) is 57.0 Å². The summed E-state index contributed by atoms with van der Waals surface area (Å²) in [6, 6.07) is -1.38. The van der Waals surface area contributed by atoms with E-state index in [0.29, 0.717) is 44.9 Å². The standard InChI is InChI=1S/C59H95NO27/c1-24(63)60-33-42(85-49-40(72)35(67)28(65)20-79-49)37(69)30(21-80-48-39(71)34(66)27(64)19-78-48)83-47(33)84-32-11-12-55(6)31-10-9-25-26-17-53(2,3)13-15-58(26,16-14-56(25,7)57(31,8)45(74)41(73)44(55)54(32,4)5)52(76)87-50-43(38(70)36(68)29(18-61)82-50)86-51-46(75)59(77,22-62)23-81-51/h9,26-51,61-62,64-75,77H,10-23H2,1-8H3,(H,60,63)/t26-,27-,28+,29+,30+,31+,32-,33+,34-,35-,36+,37+,38-,39+,40+,41+,42+,43+,44-,45+,46-,47-,48-,49-,50-,51-,55+,56+,57-,58-,59+/m0/s1. The number of aliphatic hydroxyl groups excluding tert-OH is 14. The van der Waals surface area contributed by atoms with Gasteiger partial charge in [-0.1, -0.05) is 60.1 Å². The van der Waals surface area contributed by atoms with Crippen molar-refractivity contribution < 1.29 is 134 Å². The van der Waals surface area contributed by atoms with Crippen LogP contribution in [0.1, 0.15) is 107 Å². The molecule has 28 heteroatoms. The fourth-order valence-electron chi connectivity index (χ4n) is 17.6. The first-order chi connectivity index (χ1) is 40.7. The Hall–Kier alpha value is -2.28. The molecule has 0 bridgehead atoms. The van der Waals surface area contributed by atoms with Crippen molar-refractivity contribution in [1.82, 2.24) is 5.32 Å². The Balaban J connectivity index is 0.931. The van der Waals surface area contributed by atoms with E-state index in [0.717, 1.165) is 5.57 Å². The Morgan fingerprint density at radius 2 is 1.26 bits per heavy atom. The molecule has 0 unspecified atom stereocenters. The van der Waals surface area contributed by atoms with Crippen LogP contribution in [0.2, 0.25) is 0 Å².